The van der Waals surface area contributed by atoms with Gasteiger partial charge in [0.15, 0.2) is 0 Å². The third-order valence-corrected chi connectivity index (χ3v) is 5.85. The van der Waals surface area contributed by atoms with Crippen LogP contribution < -0.4 is 16.4 Å². The summed E-state index contributed by atoms with van der Waals surface area (Å²) in [4.78, 5) is 33.7. The van der Waals surface area contributed by atoms with Crippen molar-refractivity contribution in [3.8, 4) is 11.4 Å². The van der Waals surface area contributed by atoms with Crippen LogP contribution in [0.1, 0.15) is 44.0 Å². The van der Waals surface area contributed by atoms with Gasteiger partial charge in [0.1, 0.15) is 29.7 Å². The van der Waals surface area contributed by atoms with Crippen LogP contribution in [0.4, 0.5) is 4.39 Å². The molecule has 1 aliphatic heterocycles. The molecule has 1 unspecified atom stereocenters. The Morgan fingerprint density at radius 2 is 2.03 bits per heavy atom. The SMILES string of the molecule is CNCc1nccn1-c1ccc(C2NCc3ncn(-c4cccc(C(N)=O)c4)c3C2=O)c(F)c1. The van der Waals surface area contributed by atoms with Crippen molar-refractivity contribution in [3.63, 3.8) is 0 Å². The maximum absolute atomic E-state index is 15.3. The summed E-state index contributed by atoms with van der Waals surface area (Å²) in [6.07, 6.45) is 4.94. The van der Waals surface area contributed by atoms with E-state index >= 15 is 4.39 Å². The van der Waals surface area contributed by atoms with Crippen LogP contribution in [0.25, 0.3) is 11.4 Å². The zero-order valence-corrected chi connectivity index (χ0v) is 18.3. The van der Waals surface area contributed by atoms with Crippen molar-refractivity contribution in [2.45, 2.75) is 19.1 Å². The molecule has 1 amide bonds. The highest BCUT2D eigenvalue weighted by Crippen LogP contribution is 2.30. The van der Waals surface area contributed by atoms with Gasteiger partial charge in [-0.05, 0) is 37.4 Å². The summed E-state index contributed by atoms with van der Waals surface area (Å²) >= 11 is 0. The van der Waals surface area contributed by atoms with E-state index in [1.54, 1.807) is 57.9 Å². The standard InChI is InChI=1S/C24H22FN7O2/c1-27-12-20-28-7-8-31(20)16-5-6-17(18(25)10-16)21-23(33)22-19(11-29-21)30-13-32(22)15-4-2-3-14(9-15)24(26)34/h2-10,13,21,27,29H,11-12H2,1H3,(H2,26,34). The number of ketones is 1. The minimum atomic E-state index is -0.879. The van der Waals surface area contributed by atoms with E-state index in [0.717, 1.165) is 5.82 Å². The minimum Gasteiger partial charge on any atom is -0.366 e. The summed E-state index contributed by atoms with van der Waals surface area (Å²) in [7, 11) is 1.81. The first-order chi connectivity index (χ1) is 16.5. The average Bonchev–Trinajstić information content (AvgIpc) is 3.48. The van der Waals surface area contributed by atoms with Crippen LogP contribution in [-0.2, 0) is 13.1 Å². The molecule has 0 fully saturated rings. The fourth-order valence-electron chi connectivity index (χ4n) is 4.22. The average molecular weight is 459 g/mol. The molecule has 1 atom stereocenters. The van der Waals surface area contributed by atoms with E-state index in [1.807, 2.05) is 7.05 Å². The highest BCUT2D eigenvalue weighted by atomic mass is 19.1. The van der Waals surface area contributed by atoms with E-state index in [1.165, 1.54) is 12.4 Å². The molecular weight excluding hydrogens is 437 g/mol. The number of carbonyl (C=O) groups excluding carboxylic acids is 2. The molecule has 0 radical (unpaired) electrons. The number of Topliss-reactive ketones (excluding diaryl/α,β-unsaturated/α-hetero) is 1. The van der Waals surface area contributed by atoms with Gasteiger partial charge in [-0.2, -0.15) is 0 Å². The van der Waals surface area contributed by atoms with E-state index < -0.39 is 17.8 Å². The molecule has 0 bridgehead atoms. The second-order valence-electron chi connectivity index (χ2n) is 7.95. The molecule has 0 saturated carbocycles. The Kier molecular flexibility index (Phi) is 5.52. The molecule has 2 aromatic heterocycles. The predicted octanol–water partition coefficient (Wildman–Crippen LogP) is 2.04. The van der Waals surface area contributed by atoms with Crippen LogP contribution in [0.15, 0.2) is 61.2 Å². The maximum atomic E-state index is 15.3. The Morgan fingerprint density at radius 3 is 2.79 bits per heavy atom. The zero-order chi connectivity index (χ0) is 23.8. The number of primary amides is 1. The van der Waals surface area contributed by atoms with Crippen molar-refractivity contribution in [2.75, 3.05) is 7.05 Å². The second-order valence-corrected chi connectivity index (χ2v) is 7.95. The van der Waals surface area contributed by atoms with Crippen molar-refractivity contribution in [1.29, 1.82) is 0 Å². The molecule has 5 rings (SSSR count). The lowest BCUT2D eigenvalue weighted by Gasteiger charge is -2.24. The first-order valence-corrected chi connectivity index (χ1v) is 10.7. The summed E-state index contributed by atoms with van der Waals surface area (Å²) < 4.78 is 18.7. The number of carbonyl (C=O) groups is 2. The lowest BCUT2D eigenvalue weighted by atomic mass is 9.95. The van der Waals surface area contributed by atoms with Gasteiger partial charge in [0.2, 0.25) is 11.7 Å². The maximum Gasteiger partial charge on any atom is 0.248 e. The highest BCUT2D eigenvalue weighted by molar-refractivity contribution is 6.02. The Morgan fingerprint density at radius 1 is 1.21 bits per heavy atom. The van der Waals surface area contributed by atoms with E-state index in [0.29, 0.717) is 41.4 Å². The molecule has 4 aromatic rings. The van der Waals surface area contributed by atoms with Gasteiger partial charge in [0.25, 0.3) is 0 Å². The number of imidazole rings is 2. The van der Waals surface area contributed by atoms with Gasteiger partial charge < -0.3 is 15.6 Å². The predicted molar refractivity (Wildman–Crippen MR) is 122 cm³/mol. The Balaban J connectivity index is 1.49. The molecule has 9 nitrogen and oxygen atoms in total. The normalized spacial score (nSPS) is 15.4. The van der Waals surface area contributed by atoms with Gasteiger partial charge >= 0.3 is 0 Å². The molecule has 2 aromatic carbocycles. The van der Waals surface area contributed by atoms with E-state index in [4.69, 9.17) is 5.73 Å². The van der Waals surface area contributed by atoms with Crippen LogP contribution in [0.3, 0.4) is 0 Å². The summed E-state index contributed by atoms with van der Waals surface area (Å²) in [6, 6.07) is 10.5. The summed E-state index contributed by atoms with van der Waals surface area (Å²) in [5, 5.41) is 6.13. The van der Waals surface area contributed by atoms with Gasteiger partial charge in [-0.3, -0.25) is 19.5 Å². The van der Waals surface area contributed by atoms with Crippen molar-refractivity contribution in [1.82, 2.24) is 29.7 Å². The van der Waals surface area contributed by atoms with Crippen molar-refractivity contribution >= 4 is 11.7 Å². The molecule has 1 aliphatic rings. The van der Waals surface area contributed by atoms with Gasteiger partial charge in [0.05, 0.1) is 12.2 Å². The number of aromatic nitrogens is 4. The van der Waals surface area contributed by atoms with E-state index in [2.05, 4.69) is 20.6 Å². The van der Waals surface area contributed by atoms with Crippen molar-refractivity contribution in [3.05, 3.63) is 95.3 Å². The molecule has 172 valence electrons. The van der Waals surface area contributed by atoms with E-state index in [-0.39, 0.29) is 11.3 Å². The van der Waals surface area contributed by atoms with E-state index in [9.17, 15) is 9.59 Å². The lowest BCUT2D eigenvalue weighted by Crippen LogP contribution is -2.36. The van der Waals surface area contributed by atoms with Crippen LogP contribution in [0, 0.1) is 5.82 Å². The fourth-order valence-corrected chi connectivity index (χ4v) is 4.22. The second kappa shape index (κ2) is 8.65. The fraction of sp³-hybridized carbons (Fsp3) is 0.167. The highest BCUT2D eigenvalue weighted by Gasteiger charge is 2.34. The van der Waals surface area contributed by atoms with Crippen LogP contribution in [-0.4, -0.2) is 37.8 Å². The number of nitrogens with two attached hydrogens (primary N) is 1. The number of nitrogens with zero attached hydrogens (tertiary/aromatic N) is 4. The van der Waals surface area contributed by atoms with Crippen LogP contribution in [0.2, 0.25) is 0 Å². The van der Waals surface area contributed by atoms with Crippen LogP contribution >= 0.6 is 0 Å². The third-order valence-electron chi connectivity index (χ3n) is 5.85. The first kappa shape index (κ1) is 21.7. The summed E-state index contributed by atoms with van der Waals surface area (Å²) in [5.41, 5.74) is 8.05. The molecule has 0 aliphatic carbocycles. The number of hydrogen-bond acceptors (Lipinski definition) is 6. The Bertz CT molecular complexity index is 1410. The first-order valence-electron chi connectivity index (χ1n) is 10.7. The number of hydrogen-bond donors (Lipinski definition) is 3. The largest absolute Gasteiger partial charge is 0.366 e. The third kappa shape index (κ3) is 3.68. The zero-order valence-electron chi connectivity index (χ0n) is 18.3. The van der Waals surface area contributed by atoms with Crippen LogP contribution in [0.5, 0.6) is 0 Å². The molecule has 34 heavy (non-hydrogen) atoms. The Labute approximate surface area is 194 Å². The van der Waals surface area contributed by atoms with Gasteiger partial charge in [-0.25, -0.2) is 14.4 Å². The number of nitrogens with one attached hydrogen (secondary N) is 2. The molecule has 4 N–H and O–H groups in total. The smallest absolute Gasteiger partial charge is 0.248 e. The van der Waals surface area contributed by atoms with Crippen molar-refractivity contribution in [2.24, 2.45) is 5.73 Å². The van der Waals surface area contributed by atoms with Crippen molar-refractivity contribution < 1.29 is 14.0 Å². The van der Waals surface area contributed by atoms with Gasteiger partial charge in [-0.15, -0.1) is 0 Å². The number of amides is 1. The monoisotopic (exact) mass is 459 g/mol. The molecule has 0 spiro atoms. The lowest BCUT2D eigenvalue weighted by molar-refractivity contribution is 0.0919. The van der Waals surface area contributed by atoms with Gasteiger partial charge in [0, 0.05) is 41.4 Å². The summed E-state index contributed by atoms with van der Waals surface area (Å²) in [6.45, 7) is 0.825. The Hall–Kier alpha value is -4.15. The molecule has 0 saturated heterocycles. The topological polar surface area (TPSA) is 120 Å². The quantitative estimate of drug-likeness (QED) is 0.406. The number of rotatable bonds is 6. The van der Waals surface area contributed by atoms with Gasteiger partial charge in [-0.1, -0.05) is 12.1 Å². The molecule has 3 heterocycles. The number of benzene rings is 2. The molecule has 10 heteroatoms. The number of fused-ring (bicyclic) bond motifs is 1. The molecular formula is C24H22FN7O2. The minimum absolute atomic E-state index is 0.244. The number of halogens is 1. The summed E-state index contributed by atoms with van der Waals surface area (Å²) in [5.74, 6) is -0.640.